The minimum absolute atomic E-state index is 0.0238. The molecule has 2 aromatic rings. The molecule has 3 N–H and O–H groups in total. The molecule has 1 atom stereocenters. The lowest BCUT2D eigenvalue weighted by Crippen LogP contribution is -2.12. The first-order valence-corrected chi connectivity index (χ1v) is 8.96. The Balaban J connectivity index is 2.09. The van der Waals surface area contributed by atoms with E-state index in [4.69, 9.17) is 16.7 Å². The maximum absolute atomic E-state index is 12.2. The van der Waals surface area contributed by atoms with Gasteiger partial charge in [0.05, 0.1) is 11.0 Å². The Bertz CT molecular complexity index is 730. The van der Waals surface area contributed by atoms with Crippen molar-refractivity contribution in [3.05, 3.63) is 59.1 Å². The molecule has 7 heteroatoms. The van der Waals surface area contributed by atoms with Crippen molar-refractivity contribution in [2.24, 2.45) is 0 Å². The summed E-state index contributed by atoms with van der Waals surface area (Å²) in [5, 5.41) is 19.1. The SMILES string of the molecule is O=S(=O)(Nc1ccc(C(O)CCCO)cc1)c1ccc(Cl)cc1. The quantitative estimate of drug-likeness (QED) is 0.712. The number of sulfonamides is 1. The van der Waals surface area contributed by atoms with Gasteiger partial charge in [-0.1, -0.05) is 23.7 Å². The summed E-state index contributed by atoms with van der Waals surface area (Å²) in [7, 11) is -3.68. The molecule has 0 spiro atoms. The Morgan fingerprint density at radius 2 is 1.65 bits per heavy atom. The molecule has 0 fully saturated rings. The van der Waals surface area contributed by atoms with E-state index in [1.807, 2.05) is 0 Å². The van der Waals surface area contributed by atoms with Gasteiger partial charge >= 0.3 is 0 Å². The van der Waals surface area contributed by atoms with Crippen molar-refractivity contribution in [1.82, 2.24) is 0 Å². The zero-order chi connectivity index (χ0) is 16.9. The lowest BCUT2D eigenvalue weighted by atomic mass is 10.1. The predicted octanol–water partition coefficient (Wildman–Crippen LogP) is 2.95. The van der Waals surface area contributed by atoms with E-state index in [-0.39, 0.29) is 11.5 Å². The number of benzene rings is 2. The molecule has 2 aromatic carbocycles. The minimum atomic E-state index is -3.68. The lowest BCUT2D eigenvalue weighted by Gasteiger charge is -2.12. The van der Waals surface area contributed by atoms with Gasteiger partial charge in [0.2, 0.25) is 0 Å². The van der Waals surface area contributed by atoms with Crippen LogP contribution in [0.15, 0.2) is 53.4 Å². The molecule has 23 heavy (non-hydrogen) atoms. The van der Waals surface area contributed by atoms with E-state index in [9.17, 15) is 13.5 Å². The summed E-state index contributed by atoms with van der Waals surface area (Å²) in [6, 6.07) is 12.4. The molecule has 1 unspecified atom stereocenters. The number of halogens is 1. The number of hydrogen-bond donors (Lipinski definition) is 3. The molecular formula is C16H18ClNO4S. The molecule has 5 nitrogen and oxygen atoms in total. The average Bonchev–Trinajstić information content (AvgIpc) is 2.53. The smallest absolute Gasteiger partial charge is 0.261 e. The van der Waals surface area contributed by atoms with E-state index in [1.54, 1.807) is 24.3 Å². The molecule has 0 amide bonds. The third-order valence-electron chi connectivity index (χ3n) is 3.31. The van der Waals surface area contributed by atoms with Gasteiger partial charge in [0.25, 0.3) is 10.0 Å². The molecule has 0 aliphatic heterocycles. The number of hydrogen-bond acceptors (Lipinski definition) is 4. The third-order valence-corrected chi connectivity index (χ3v) is 4.96. The standard InChI is InChI=1S/C16H18ClNO4S/c17-13-5-9-15(10-6-13)23(21,22)18-14-7-3-12(4-8-14)16(20)2-1-11-19/h3-10,16,18-20H,1-2,11H2. The topological polar surface area (TPSA) is 86.6 Å². The summed E-state index contributed by atoms with van der Waals surface area (Å²) < 4.78 is 27.0. The molecule has 0 aliphatic rings. The van der Waals surface area contributed by atoms with Crippen LogP contribution in [0.2, 0.25) is 5.02 Å². The van der Waals surface area contributed by atoms with Gasteiger partial charge in [-0.05, 0) is 54.8 Å². The lowest BCUT2D eigenvalue weighted by molar-refractivity contribution is 0.152. The van der Waals surface area contributed by atoms with Gasteiger partial charge in [-0.25, -0.2) is 8.42 Å². The first-order chi connectivity index (χ1) is 10.9. The van der Waals surface area contributed by atoms with Crippen LogP contribution in [-0.4, -0.2) is 25.2 Å². The highest BCUT2D eigenvalue weighted by Crippen LogP contribution is 2.22. The van der Waals surface area contributed by atoms with E-state index in [1.165, 1.54) is 24.3 Å². The first kappa shape index (κ1) is 17.7. The van der Waals surface area contributed by atoms with Crippen LogP contribution >= 0.6 is 11.6 Å². The molecular weight excluding hydrogens is 338 g/mol. The monoisotopic (exact) mass is 355 g/mol. The van der Waals surface area contributed by atoms with E-state index >= 15 is 0 Å². The van der Waals surface area contributed by atoms with E-state index in [2.05, 4.69) is 4.72 Å². The summed E-state index contributed by atoms with van der Waals surface area (Å²) in [4.78, 5) is 0.119. The molecule has 124 valence electrons. The van der Waals surface area contributed by atoms with Gasteiger partial charge in [0.1, 0.15) is 0 Å². The normalized spacial score (nSPS) is 12.8. The number of anilines is 1. The van der Waals surface area contributed by atoms with Crippen molar-refractivity contribution in [3.8, 4) is 0 Å². The summed E-state index contributed by atoms with van der Waals surface area (Å²) >= 11 is 5.75. The highest BCUT2D eigenvalue weighted by atomic mass is 35.5. The van der Waals surface area contributed by atoms with Crippen LogP contribution in [0, 0.1) is 0 Å². The minimum Gasteiger partial charge on any atom is -0.396 e. The molecule has 0 saturated carbocycles. The molecule has 2 rings (SSSR count). The fourth-order valence-corrected chi connectivity index (χ4v) is 3.24. The Labute approximate surface area is 140 Å². The van der Waals surface area contributed by atoms with Crippen LogP contribution in [0.1, 0.15) is 24.5 Å². The second-order valence-electron chi connectivity index (χ2n) is 5.06. The Kier molecular flexibility index (Phi) is 6.01. The van der Waals surface area contributed by atoms with Crippen molar-refractivity contribution >= 4 is 27.3 Å². The van der Waals surface area contributed by atoms with Crippen LogP contribution in [0.25, 0.3) is 0 Å². The van der Waals surface area contributed by atoms with Gasteiger partial charge in [-0.2, -0.15) is 0 Å². The maximum atomic E-state index is 12.2. The molecule has 0 aliphatic carbocycles. The highest BCUT2D eigenvalue weighted by molar-refractivity contribution is 7.92. The van der Waals surface area contributed by atoms with Crippen molar-refractivity contribution in [2.45, 2.75) is 23.8 Å². The summed E-state index contributed by atoms with van der Waals surface area (Å²) in [5.74, 6) is 0. The third kappa shape index (κ3) is 4.94. The van der Waals surface area contributed by atoms with Crippen molar-refractivity contribution in [1.29, 1.82) is 0 Å². The fourth-order valence-electron chi connectivity index (χ4n) is 2.05. The van der Waals surface area contributed by atoms with Gasteiger partial charge in [0, 0.05) is 17.3 Å². The van der Waals surface area contributed by atoms with Gasteiger partial charge in [-0.15, -0.1) is 0 Å². The predicted molar refractivity (Wildman–Crippen MR) is 90.0 cm³/mol. The van der Waals surface area contributed by atoms with Gasteiger partial charge < -0.3 is 10.2 Å². The van der Waals surface area contributed by atoms with Crippen molar-refractivity contribution in [2.75, 3.05) is 11.3 Å². The first-order valence-electron chi connectivity index (χ1n) is 7.09. The number of aliphatic hydroxyl groups excluding tert-OH is 2. The number of nitrogens with one attached hydrogen (secondary N) is 1. The molecule has 0 saturated heterocycles. The van der Waals surface area contributed by atoms with E-state index < -0.39 is 16.1 Å². The summed E-state index contributed by atoms with van der Waals surface area (Å²) in [6.45, 7) is 0.0238. The van der Waals surface area contributed by atoms with Crippen LogP contribution in [0.5, 0.6) is 0 Å². The summed E-state index contributed by atoms with van der Waals surface area (Å²) in [5.41, 5.74) is 1.07. The van der Waals surface area contributed by atoms with E-state index in [0.29, 0.717) is 29.1 Å². The molecule has 0 radical (unpaired) electrons. The summed E-state index contributed by atoms with van der Waals surface area (Å²) in [6.07, 6.45) is 0.280. The second kappa shape index (κ2) is 7.79. The average molecular weight is 356 g/mol. The maximum Gasteiger partial charge on any atom is 0.261 e. The van der Waals surface area contributed by atoms with Crippen LogP contribution in [-0.2, 0) is 10.0 Å². The molecule has 0 bridgehead atoms. The zero-order valence-electron chi connectivity index (χ0n) is 12.3. The van der Waals surface area contributed by atoms with E-state index in [0.717, 1.165) is 0 Å². The Morgan fingerprint density at radius 3 is 2.22 bits per heavy atom. The molecule has 0 aromatic heterocycles. The number of aliphatic hydroxyl groups is 2. The largest absolute Gasteiger partial charge is 0.396 e. The van der Waals surface area contributed by atoms with Crippen LogP contribution in [0.4, 0.5) is 5.69 Å². The van der Waals surface area contributed by atoms with Crippen molar-refractivity contribution < 1.29 is 18.6 Å². The fraction of sp³-hybridized carbons (Fsp3) is 0.250. The van der Waals surface area contributed by atoms with Crippen LogP contribution < -0.4 is 4.72 Å². The van der Waals surface area contributed by atoms with Gasteiger partial charge in [-0.3, -0.25) is 4.72 Å². The van der Waals surface area contributed by atoms with Gasteiger partial charge in [0.15, 0.2) is 0 Å². The molecule has 0 heterocycles. The van der Waals surface area contributed by atoms with Crippen molar-refractivity contribution in [3.63, 3.8) is 0 Å². The van der Waals surface area contributed by atoms with Crippen LogP contribution in [0.3, 0.4) is 0 Å². The highest BCUT2D eigenvalue weighted by Gasteiger charge is 2.14. The Hall–Kier alpha value is -1.60. The zero-order valence-corrected chi connectivity index (χ0v) is 13.9. The Morgan fingerprint density at radius 1 is 1.04 bits per heavy atom. The second-order valence-corrected chi connectivity index (χ2v) is 7.18. The number of rotatable bonds is 7.